The third-order valence-electron chi connectivity index (χ3n) is 2.53. The van der Waals surface area contributed by atoms with Gasteiger partial charge in [0.1, 0.15) is 5.82 Å². The molecule has 1 unspecified atom stereocenters. The Kier molecular flexibility index (Phi) is 4.34. The molecule has 0 fully saturated rings. The molecule has 0 aliphatic rings. The lowest BCUT2D eigenvalue weighted by molar-refractivity contribution is -0.120. The number of hydrogen-bond donors (Lipinski definition) is 2. The molecule has 0 spiro atoms. The molecule has 5 heteroatoms. The van der Waals surface area contributed by atoms with Gasteiger partial charge in [0.05, 0.1) is 6.54 Å². The molecule has 1 atom stereocenters. The zero-order chi connectivity index (χ0) is 12.1. The summed E-state index contributed by atoms with van der Waals surface area (Å²) in [6.07, 6.45) is 1.83. The van der Waals surface area contributed by atoms with Crippen molar-refractivity contribution in [1.29, 1.82) is 0 Å². The number of carbonyl (C=O) groups is 1. The number of hydrogen-bond acceptors (Lipinski definition) is 3. The van der Waals surface area contributed by atoms with Crippen molar-refractivity contribution in [2.75, 3.05) is 11.9 Å². The maximum absolute atomic E-state index is 11.5. The molecule has 0 aliphatic heterocycles. The minimum atomic E-state index is -0.00754. The first-order valence-electron chi connectivity index (χ1n) is 5.52. The molecular formula is C11H20N4O. The first-order chi connectivity index (χ1) is 7.49. The number of rotatable bonds is 5. The molecule has 5 nitrogen and oxygen atoms in total. The van der Waals surface area contributed by atoms with Gasteiger partial charge in [0, 0.05) is 25.4 Å². The fourth-order valence-electron chi connectivity index (χ4n) is 1.15. The normalized spacial score (nSPS) is 12.6. The molecular weight excluding hydrogens is 204 g/mol. The molecule has 0 radical (unpaired) electrons. The first kappa shape index (κ1) is 12.5. The average Bonchev–Trinajstić information content (AvgIpc) is 2.61. The summed E-state index contributed by atoms with van der Waals surface area (Å²) in [5.74, 6) is 1.15. The van der Waals surface area contributed by atoms with Crippen LogP contribution in [0, 0.1) is 5.92 Å². The SMILES string of the molecule is CC(C)C(C)NC(=O)CNc1ccn(C)n1. The third-order valence-corrected chi connectivity index (χ3v) is 2.53. The lowest BCUT2D eigenvalue weighted by Crippen LogP contribution is -2.39. The Labute approximate surface area is 96.2 Å². The Balaban J connectivity index is 2.30. The fourth-order valence-corrected chi connectivity index (χ4v) is 1.15. The van der Waals surface area contributed by atoms with Crippen molar-refractivity contribution in [3.05, 3.63) is 12.3 Å². The van der Waals surface area contributed by atoms with E-state index in [0.717, 1.165) is 5.82 Å². The van der Waals surface area contributed by atoms with Crippen LogP contribution in [0.4, 0.5) is 5.82 Å². The smallest absolute Gasteiger partial charge is 0.239 e. The largest absolute Gasteiger partial charge is 0.360 e. The minimum Gasteiger partial charge on any atom is -0.360 e. The van der Waals surface area contributed by atoms with Gasteiger partial charge in [0.15, 0.2) is 0 Å². The van der Waals surface area contributed by atoms with Gasteiger partial charge in [-0.3, -0.25) is 9.48 Å². The van der Waals surface area contributed by atoms with E-state index in [1.54, 1.807) is 4.68 Å². The van der Waals surface area contributed by atoms with E-state index in [9.17, 15) is 4.79 Å². The van der Waals surface area contributed by atoms with Gasteiger partial charge in [-0.15, -0.1) is 0 Å². The van der Waals surface area contributed by atoms with Crippen LogP contribution in [0.25, 0.3) is 0 Å². The number of nitrogens with zero attached hydrogens (tertiary/aromatic N) is 2. The van der Waals surface area contributed by atoms with E-state index in [4.69, 9.17) is 0 Å². The quantitative estimate of drug-likeness (QED) is 0.784. The van der Waals surface area contributed by atoms with E-state index in [0.29, 0.717) is 5.92 Å². The Morgan fingerprint density at radius 2 is 2.19 bits per heavy atom. The predicted octanol–water partition coefficient (Wildman–Crippen LogP) is 0.993. The van der Waals surface area contributed by atoms with Crippen LogP contribution in [0.5, 0.6) is 0 Å². The average molecular weight is 224 g/mol. The number of aromatic nitrogens is 2. The van der Waals surface area contributed by atoms with Crippen LogP contribution in [0.3, 0.4) is 0 Å². The molecule has 1 heterocycles. The van der Waals surface area contributed by atoms with Crippen molar-refractivity contribution in [2.45, 2.75) is 26.8 Å². The lowest BCUT2D eigenvalue weighted by atomic mass is 10.1. The minimum absolute atomic E-state index is 0.00754. The van der Waals surface area contributed by atoms with E-state index < -0.39 is 0 Å². The second-order valence-corrected chi connectivity index (χ2v) is 4.33. The van der Waals surface area contributed by atoms with Crippen LogP contribution in [-0.2, 0) is 11.8 Å². The van der Waals surface area contributed by atoms with Crippen molar-refractivity contribution >= 4 is 11.7 Å². The number of aryl methyl sites for hydroxylation is 1. The van der Waals surface area contributed by atoms with Crippen LogP contribution >= 0.6 is 0 Å². The summed E-state index contributed by atoms with van der Waals surface area (Å²) in [7, 11) is 1.84. The van der Waals surface area contributed by atoms with E-state index in [1.807, 2.05) is 26.2 Å². The maximum atomic E-state index is 11.5. The van der Waals surface area contributed by atoms with Crippen LogP contribution in [0.15, 0.2) is 12.3 Å². The molecule has 0 saturated heterocycles. The van der Waals surface area contributed by atoms with Crippen LogP contribution in [-0.4, -0.2) is 28.3 Å². The van der Waals surface area contributed by atoms with Gasteiger partial charge in [0.25, 0.3) is 0 Å². The standard InChI is InChI=1S/C11H20N4O/c1-8(2)9(3)13-11(16)7-12-10-5-6-15(4)14-10/h5-6,8-9H,7H2,1-4H3,(H,12,14)(H,13,16). The molecule has 2 N–H and O–H groups in total. The van der Waals surface area contributed by atoms with Crippen molar-refractivity contribution in [3.8, 4) is 0 Å². The van der Waals surface area contributed by atoms with Crippen molar-refractivity contribution in [1.82, 2.24) is 15.1 Å². The van der Waals surface area contributed by atoms with E-state index >= 15 is 0 Å². The molecule has 90 valence electrons. The van der Waals surface area contributed by atoms with Gasteiger partial charge in [-0.2, -0.15) is 5.10 Å². The molecule has 0 aromatic carbocycles. The molecule has 0 saturated carbocycles. The zero-order valence-electron chi connectivity index (χ0n) is 10.3. The van der Waals surface area contributed by atoms with E-state index in [1.165, 1.54) is 0 Å². The summed E-state index contributed by atoms with van der Waals surface area (Å²) in [6, 6.07) is 2.03. The summed E-state index contributed by atoms with van der Waals surface area (Å²) < 4.78 is 1.69. The highest BCUT2D eigenvalue weighted by Crippen LogP contribution is 2.01. The summed E-state index contributed by atoms with van der Waals surface area (Å²) in [5, 5.41) is 10.0. The highest BCUT2D eigenvalue weighted by Gasteiger charge is 2.10. The summed E-state index contributed by atoms with van der Waals surface area (Å²) in [4.78, 5) is 11.5. The molecule has 0 aliphatic carbocycles. The fraction of sp³-hybridized carbons (Fsp3) is 0.636. The van der Waals surface area contributed by atoms with Crippen molar-refractivity contribution in [2.24, 2.45) is 13.0 Å². The highest BCUT2D eigenvalue weighted by molar-refractivity contribution is 5.80. The predicted molar refractivity (Wildman–Crippen MR) is 64.1 cm³/mol. The van der Waals surface area contributed by atoms with E-state index in [-0.39, 0.29) is 18.5 Å². The summed E-state index contributed by atoms with van der Waals surface area (Å²) in [5.41, 5.74) is 0. The number of nitrogens with one attached hydrogen (secondary N) is 2. The Bertz CT molecular complexity index is 346. The lowest BCUT2D eigenvalue weighted by Gasteiger charge is -2.17. The van der Waals surface area contributed by atoms with Gasteiger partial charge in [-0.25, -0.2) is 0 Å². The Morgan fingerprint density at radius 1 is 1.50 bits per heavy atom. The van der Waals surface area contributed by atoms with Crippen molar-refractivity contribution in [3.63, 3.8) is 0 Å². The third kappa shape index (κ3) is 3.92. The molecule has 0 bridgehead atoms. The highest BCUT2D eigenvalue weighted by atomic mass is 16.1. The number of anilines is 1. The second-order valence-electron chi connectivity index (χ2n) is 4.33. The molecule has 1 aromatic rings. The van der Waals surface area contributed by atoms with Gasteiger partial charge < -0.3 is 10.6 Å². The summed E-state index contributed by atoms with van der Waals surface area (Å²) >= 11 is 0. The zero-order valence-corrected chi connectivity index (χ0v) is 10.3. The molecule has 1 amide bonds. The molecule has 16 heavy (non-hydrogen) atoms. The molecule has 1 rings (SSSR count). The second kappa shape index (κ2) is 5.53. The van der Waals surface area contributed by atoms with Crippen LogP contribution in [0.2, 0.25) is 0 Å². The van der Waals surface area contributed by atoms with Gasteiger partial charge >= 0.3 is 0 Å². The number of carbonyl (C=O) groups excluding carboxylic acids is 1. The van der Waals surface area contributed by atoms with Crippen LogP contribution < -0.4 is 10.6 Å². The Hall–Kier alpha value is -1.52. The van der Waals surface area contributed by atoms with Gasteiger partial charge in [-0.05, 0) is 12.8 Å². The van der Waals surface area contributed by atoms with Gasteiger partial charge in [-0.1, -0.05) is 13.8 Å². The van der Waals surface area contributed by atoms with Gasteiger partial charge in [0.2, 0.25) is 5.91 Å². The Morgan fingerprint density at radius 3 is 2.69 bits per heavy atom. The molecule has 1 aromatic heterocycles. The topological polar surface area (TPSA) is 59.0 Å². The maximum Gasteiger partial charge on any atom is 0.239 e. The number of amides is 1. The van der Waals surface area contributed by atoms with E-state index in [2.05, 4.69) is 29.6 Å². The summed E-state index contributed by atoms with van der Waals surface area (Å²) in [6.45, 7) is 6.42. The first-order valence-corrected chi connectivity index (χ1v) is 5.52. The van der Waals surface area contributed by atoms with Crippen LogP contribution in [0.1, 0.15) is 20.8 Å². The van der Waals surface area contributed by atoms with Crippen molar-refractivity contribution < 1.29 is 4.79 Å². The monoisotopic (exact) mass is 224 g/mol.